The van der Waals surface area contributed by atoms with Crippen LogP contribution in [0.5, 0.6) is 5.75 Å². The van der Waals surface area contributed by atoms with E-state index in [9.17, 15) is 77.0 Å². The number of imidazole rings is 6. The number of unbranched alkanes of at least 4 members (excludes halogenated alkanes) is 1. The van der Waals surface area contributed by atoms with Crippen molar-refractivity contribution in [1.82, 2.24) is 149 Å². The Morgan fingerprint density at radius 1 is 0.486 bits per heavy atom. The third-order valence-corrected chi connectivity index (χ3v) is 26.1. The van der Waals surface area contributed by atoms with Gasteiger partial charge in [0, 0.05) is 148 Å². The van der Waals surface area contributed by atoms with Crippen molar-refractivity contribution < 1.29 is 101 Å². The van der Waals surface area contributed by atoms with E-state index in [1.165, 1.54) is 106 Å². The lowest BCUT2D eigenvalue weighted by Crippen LogP contribution is -2.61. The van der Waals surface area contributed by atoms with Gasteiger partial charge in [0.05, 0.1) is 82.6 Å². The maximum atomic E-state index is 15.5. The monoisotopic (exact) mass is 2060 g/mol. The van der Waals surface area contributed by atoms with Crippen molar-refractivity contribution in [2.24, 2.45) is 28.7 Å². The Kier molecular flexibility index (Phi) is 40.7. The van der Waals surface area contributed by atoms with Crippen LogP contribution in [-0.4, -0.2) is 340 Å². The van der Waals surface area contributed by atoms with Crippen LogP contribution in [0.25, 0.3) is 0 Å². The molecule has 31 N–H and O–H groups in total. The van der Waals surface area contributed by atoms with E-state index in [1.807, 2.05) is 0 Å². The number of phenols is 1. The molecular weight excluding hydrogens is 1950 g/mol. The molecule has 2 aromatic carbocycles. The Balaban J connectivity index is 0.789. The highest BCUT2D eigenvalue weighted by Crippen LogP contribution is 2.45. The zero-order valence-electron chi connectivity index (χ0n) is 78.9. The van der Waals surface area contributed by atoms with Gasteiger partial charge in [-0.25, -0.2) is 29.9 Å². The Labute approximate surface area is 839 Å². The molecule has 2 unspecified atom stereocenters. The number of carbonyl (C=O) groups excluding carboxylic acids is 20. The number of likely N-dealkylation sites (tertiary alicyclic amines) is 1. The molecule has 146 heavy (non-hydrogen) atoms. The maximum absolute atomic E-state index is 15.5. The van der Waals surface area contributed by atoms with Crippen molar-refractivity contribution >= 4 is 140 Å². The average Bonchev–Trinajstić information content (AvgIpc) is 1.57. The summed E-state index contributed by atoms with van der Waals surface area (Å²) in [5.41, 5.74) is 31.5. The topological polar surface area (TPSA) is 842 Å². The third-order valence-electron chi connectivity index (χ3n) is 23.7. The molecule has 3 fully saturated rings. The van der Waals surface area contributed by atoms with Gasteiger partial charge in [0.15, 0.2) is 0 Å². The normalized spacial score (nSPS) is 19.1. The first-order valence-corrected chi connectivity index (χ1v) is 48.8. The number of rotatable bonds is 48. The summed E-state index contributed by atoms with van der Waals surface area (Å²) in [4.78, 5) is 329. The quantitative estimate of drug-likeness (QED) is 0.00956. The van der Waals surface area contributed by atoms with Gasteiger partial charge in [0.2, 0.25) is 118 Å². The highest BCUT2D eigenvalue weighted by atomic mass is 33.1. The molecule has 55 nitrogen and oxygen atoms in total. The molecule has 9 heterocycles. The van der Waals surface area contributed by atoms with Crippen molar-refractivity contribution in [3.8, 4) is 5.75 Å². The summed E-state index contributed by atoms with van der Waals surface area (Å²) >= 11 is 0. The van der Waals surface area contributed by atoms with E-state index in [0.29, 0.717) is 46.9 Å². The van der Waals surface area contributed by atoms with Crippen molar-refractivity contribution in [3.63, 3.8) is 0 Å². The van der Waals surface area contributed by atoms with E-state index in [1.54, 1.807) is 30.3 Å². The van der Waals surface area contributed by atoms with Crippen LogP contribution >= 0.6 is 21.6 Å². The molecule has 3 saturated heterocycles. The number of nitrogens with two attached hydrogens (primary N) is 5. The van der Waals surface area contributed by atoms with E-state index in [-0.39, 0.29) is 94.3 Å². The molecule has 0 bridgehead atoms. The maximum Gasteiger partial charge on any atom is 0.247 e. The number of likely N-dealkylation sites (N-methyl/N-ethyl adjacent to an activating group) is 1. The minimum absolute atomic E-state index is 0.0120. The van der Waals surface area contributed by atoms with Gasteiger partial charge < -0.3 is 153 Å². The number of aromatic nitrogens is 12. The molecule has 57 heteroatoms. The summed E-state index contributed by atoms with van der Waals surface area (Å²) < 4.78 is 0. The molecule has 780 valence electrons. The molecule has 0 aliphatic carbocycles. The zero-order valence-corrected chi connectivity index (χ0v) is 80.5. The average molecular weight is 2060 g/mol. The number of hydrogen-bond acceptors (Lipinski definition) is 31. The summed E-state index contributed by atoms with van der Waals surface area (Å²) in [6.45, 7) is -3.13. The van der Waals surface area contributed by atoms with Crippen LogP contribution in [0.15, 0.2) is 130 Å². The summed E-state index contributed by atoms with van der Waals surface area (Å²) in [6, 6.07) is -9.40. The van der Waals surface area contributed by atoms with E-state index in [0.717, 1.165) is 36.3 Å². The number of H-pyrrole nitrogens is 6. The molecular formula is C89H116N34O21S2. The molecule has 6 aromatic heterocycles. The minimum Gasteiger partial charge on any atom is -0.508 e. The molecule has 3 aliphatic rings. The summed E-state index contributed by atoms with van der Waals surface area (Å²) in [5.74, 6) is -20.6. The zero-order chi connectivity index (χ0) is 105. The van der Waals surface area contributed by atoms with Crippen LogP contribution in [0.1, 0.15) is 103 Å². The number of amides is 20. The number of aromatic hydroxyl groups is 1. The number of phenolic OH excluding ortho intramolecular Hbond substituents is 1. The van der Waals surface area contributed by atoms with Crippen molar-refractivity contribution in [3.05, 3.63) is 175 Å². The first kappa shape index (κ1) is 110. The smallest absolute Gasteiger partial charge is 0.247 e. The molecule has 20 amide bonds. The SMILES string of the molecule is CN(C(=O)[C@H](Cc1cnc[nH]1)NC(=O)[C@@H](N)Cc1cnc[nH]1)[C@@H](Cc1cnc[nH]1)C(=O)NC(Cc1cnc[nH]1)C(=O)N[C@@H](Cc1cnc[nH]1)C(=O)N[C@@H](Cc1cnc[nH]1)C(=O)NCC(=O)NCC(=O)NCC(=O)N[C@H]1CSSC[C@@H](C(=O)N2CCC[C@H]2C(=O)N[C@@H](CCCCN)C(=O)NCC(N)=O)NC(=O)[C@H](CC(N)=O)NC(=O)[C@H](CCC(N)=O)NC(=O)[C@H](Cc2ccccc2)NC(=O)[C@H]2C(c3ccc(O)cc3)N2C1=O. The van der Waals surface area contributed by atoms with Crippen LogP contribution in [0.2, 0.25) is 0 Å². The van der Waals surface area contributed by atoms with Gasteiger partial charge in [-0.05, 0) is 68.3 Å². The van der Waals surface area contributed by atoms with Gasteiger partial charge in [-0.1, -0.05) is 64.1 Å². The fourth-order valence-electron chi connectivity index (χ4n) is 16.0. The molecule has 0 radical (unpaired) electrons. The van der Waals surface area contributed by atoms with Gasteiger partial charge in [-0.15, -0.1) is 0 Å². The van der Waals surface area contributed by atoms with Crippen molar-refractivity contribution in [1.29, 1.82) is 0 Å². The number of fused-ring (bicyclic) bond motifs is 1. The fraction of sp³-hybridized carbons (Fsp3) is 0.438. The first-order valence-electron chi connectivity index (χ1n) is 46.3. The predicted molar refractivity (Wildman–Crippen MR) is 515 cm³/mol. The molecule has 8 aromatic rings. The summed E-state index contributed by atoms with van der Waals surface area (Å²) in [5, 5.41) is 46.0. The van der Waals surface area contributed by atoms with E-state index < -0.39 is 266 Å². The molecule has 15 atom stereocenters. The first-order chi connectivity index (χ1) is 70.1. The number of aromatic amines is 6. The second kappa shape index (κ2) is 54.1. The highest BCUT2D eigenvalue weighted by molar-refractivity contribution is 8.76. The number of carbonyl (C=O) groups is 20. The number of nitrogens with one attached hydrogen (secondary N) is 20. The van der Waals surface area contributed by atoms with Gasteiger partial charge in [0.1, 0.15) is 84.3 Å². The number of primary amides is 3. The Bertz CT molecular complexity index is 5830. The van der Waals surface area contributed by atoms with Gasteiger partial charge in [-0.3, -0.25) is 95.9 Å². The van der Waals surface area contributed by atoms with Gasteiger partial charge in [-0.2, -0.15) is 0 Å². The Morgan fingerprint density at radius 2 is 0.966 bits per heavy atom. The van der Waals surface area contributed by atoms with Crippen LogP contribution < -0.4 is 103 Å². The largest absolute Gasteiger partial charge is 0.508 e. The van der Waals surface area contributed by atoms with E-state index in [4.69, 9.17) is 28.7 Å². The highest BCUT2D eigenvalue weighted by Gasteiger charge is 2.58. The molecule has 3 aliphatic heterocycles. The lowest BCUT2D eigenvalue weighted by atomic mass is 10.0. The second-order valence-corrected chi connectivity index (χ2v) is 37.1. The number of nitrogens with zero attached hydrogens (tertiary/aromatic N) is 9. The molecule has 0 spiro atoms. The van der Waals surface area contributed by atoms with Crippen LogP contribution in [0.3, 0.4) is 0 Å². The predicted octanol–water partition coefficient (Wildman–Crippen LogP) is -9.71. The lowest BCUT2D eigenvalue weighted by Gasteiger charge is -2.32. The minimum atomic E-state index is -1.95. The summed E-state index contributed by atoms with van der Waals surface area (Å²) in [7, 11) is 2.94. The van der Waals surface area contributed by atoms with Gasteiger partial charge in [0.25, 0.3) is 0 Å². The third kappa shape index (κ3) is 33.1. The van der Waals surface area contributed by atoms with E-state index in [2.05, 4.69) is 134 Å². The number of benzene rings is 2. The van der Waals surface area contributed by atoms with Crippen LogP contribution in [-0.2, 0) is 141 Å². The Morgan fingerprint density at radius 3 is 1.51 bits per heavy atom. The lowest BCUT2D eigenvalue weighted by molar-refractivity contribution is -0.142. The number of hydrogen-bond donors (Lipinski definition) is 26. The summed E-state index contributed by atoms with van der Waals surface area (Å²) in [6.07, 6.45) is 13.8. The fourth-order valence-corrected chi connectivity index (χ4v) is 18.3. The molecule has 11 rings (SSSR count). The Hall–Kier alpha value is -16.5. The second-order valence-electron chi connectivity index (χ2n) is 34.5. The van der Waals surface area contributed by atoms with Gasteiger partial charge >= 0.3 is 0 Å². The van der Waals surface area contributed by atoms with Crippen LogP contribution in [0.4, 0.5) is 0 Å². The van der Waals surface area contributed by atoms with E-state index >= 15 is 24.0 Å². The standard InChI is InChI=1S/C89H116N34O21S2/c1-121(87(142)63(25-52-32-99-44-109-52)119-76(131)55(91)21-48-28-95-40-105-48)67(26-53-33-100-45-110-53)85(140)117-61(24-51-31-98-43-108-51)82(137)115-60(23-50-30-97-42-107-50)81(136)114-59(22-49-29-96-41-106-49)78(133)104-36-72(129)101-35-71(128)102-37-73(130)111-65-39-146-145-38-64(88(143)122-19-7-11-66(122)84(139)113-56(10-5-6-18-90)77(132)103-34-70(94)127)120-83(138)62(27-69(93)126)116-79(134)57(16-17-68(92)125)112-80(135)58(20-46-8-3-2-4-9-46)118-86(141)75-74(123(75)89(65)144)47-12-14-54(124)15-13-47/h2-4,8-9,12-15,28-33,40-45,55-67,74-75,124H,5-7,10-11,16-27,34-39,90-91H2,1H3,(H2,92,125)(H2,93,126)(H2,94,127)(H,95,105)(H,96,106)(H,97,107)(H,98,108)(H,99,109)(H,100,110)(H,101,129)(H,102,128)(H,103,132)(H,104,133)(H,111,130)(H,112,135)(H,113,139)(H,114,136)(H,115,137)(H,116,134)(H,117,140)(H,118,141)(H,119,131)(H,120,138)/t55-,56-,57-,58-,59-,60-,61?,62-,63-,64-,65-,66-,67-,74?,75+,123?/m0/s1. The van der Waals surface area contributed by atoms with Crippen LogP contribution in [0, 0.1) is 0 Å². The van der Waals surface area contributed by atoms with Crippen molar-refractivity contribution in [2.75, 3.05) is 57.8 Å². The van der Waals surface area contributed by atoms with Crippen molar-refractivity contribution in [2.45, 2.75) is 187 Å². The molecule has 0 saturated carbocycles.